The SMILES string of the molecule is COC1CC(NC(=O)c2cc(N)n[nH]2)C1(C)C. The summed E-state index contributed by atoms with van der Waals surface area (Å²) in [6, 6.07) is 1.64. The quantitative estimate of drug-likeness (QED) is 0.716. The number of methoxy groups -OCH3 is 1. The number of hydrogen-bond acceptors (Lipinski definition) is 4. The van der Waals surface area contributed by atoms with Crippen molar-refractivity contribution in [3.05, 3.63) is 11.8 Å². The van der Waals surface area contributed by atoms with Gasteiger partial charge in [-0.3, -0.25) is 9.89 Å². The van der Waals surface area contributed by atoms with E-state index in [1.165, 1.54) is 6.07 Å². The fourth-order valence-electron chi connectivity index (χ4n) is 2.22. The van der Waals surface area contributed by atoms with Gasteiger partial charge in [-0.15, -0.1) is 0 Å². The second-order valence-electron chi connectivity index (χ2n) is 5.01. The Morgan fingerprint density at radius 2 is 2.41 bits per heavy atom. The first-order valence-corrected chi connectivity index (χ1v) is 5.59. The molecule has 0 bridgehead atoms. The van der Waals surface area contributed by atoms with Crippen LogP contribution in [0.2, 0.25) is 0 Å². The van der Waals surface area contributed by atoms with Crippen molar-refractivity contribution < 1.29 is 9.53 Å². The molecule has 1 fully saturated rings. The number of hydrogen-bond donors (Lipinski definition) is 3. The molecule has 2 rings (SSSR count). The molecule has 1 heterocycles. The Hall–Kier alpha value is -1.56. The number of H-pyrrole nitrogens is 1. The Bertz CT molecular complexity index is 427. The zero-order valence-electron chi connectivity index (χ0n) is 10.3. The van der Waals surface area contributed by atoms with Crippen molar-refractivity contribution in [3.63, 3.8) is 0 Å². The Balaban J connectivity index is 1.97. The molecule has 0 aromatic carbocycles. The third-order valence-corrected chi connectivity index (χ3v) is 3.61. The summed E-state index contributed by atoms with van der Waals surface area (Å²) in [7, 11) is 1.69. The topological polar surface area (TPSA) is 93.0 Å². The predicted octanol–water partition coefficient (Wildman–Crippen LogP) is 0.535. The van der Waals surface area contributed by atoms with Crippen LogP contribution in [0.3, 0.4) is 0 Å². The number of aromatic amines is 1. The highest BCUT2D eigenvalue weighted by atomic mass is 16.5. The normalized spacial score (nSPS) is 26.3. The molecular formula is C11H18N4O2. The molecule has 6 nitrogen and oxygen atoms in total. The van der Waals surface area contributed by atoms with E-state index in [9.17, 15) is 4.79 Å². The second kappa shape index (κ2) is 4.03. The molecule has 17 heavy (non-hydrogen) atoms. The number of carbonyl (C=O) groups excluding carboxylic acids is 1. The van der Waals surface area contributed by atoms with E-state index in [-0.39, 0.29) is 23.5 Å². The maximum atomic E-state index is 11.9. The van der Waals surface area contributed by atoms with Gasteiger partial charge in [-0.2, -0.15) is 5.10 Å². The van der Waals surface area contributed by atoms with Gasteiger partial charge in [0.1, 0.15) is 11.5 Å². The molecule has 4 N–H and O–H groups in total. The summed E-state index contributed by atoms with van der Waals surface area (Å²) < 4.78 is 5.33. The zero-order valence-corrected chi connectivity index (χ0v) is 10.3. The highest BCUT2D eigenvalue weighted by Gasteiger charge is 2.49. The summed E-state index contributed by atoms with van der Waals surface area (Å²) >= 11 is 0. The lowest BCUT2D eigenvalue weighted by atomic mass is 9.64. The average Bonchev–Trinajstić information content (AvgIpc) is 2.70. The number of aromatic nitrogens is 2. The van der Waals surface area contributed by atoms with Crippen LogP contribution in [-0.2, 0) is 4.74 Å². The van der Waals surface area contributed by atoms with E-state index in [4.69, 9.17) is 10.5 Å². The van der Waals surface area contributed by atoms with Crippen LogP contribution in [-0.4, -0.2) is 35.4 Å². The van der Waals surface area contributed by atoms with Crippen LogP contribution in [0, 0.1) is 5.41 Å². The Labute approximate surface area is 99.9 Å². The molecule has 1 amide bonds. The molecule has 0 radical (unpaired) electrons. The van der Waals surface area contributed by atoms with E-state index in [1.54, 1.807) is 7.11 Å². The van der Waals surface area contributed by atoms with Crippen LogP contribution in [0.25, 0.3) is 0 Å². The molecule has 0 saturated heterocycles. The van der Waals surface area contributed by atoms with Gasteiger partial charge in [-0.05, 0) is 6.42 Å². The van der Waals surface area contributed by atoms with Crippen molar-refractivity contribution in [3.8, 4) is 0 Å². The van der Waals surface area contributed by atoms with Crippen molar-refractivity contribution in [1.29, 1.82) is 0 Å². The van der Waals surface area contributed by atoms with Gasteiger partial charge in [0.2, 0.25) is 0 Å². The molecule has 1 aliphatic rings. The number of nitrogens with one attached hydrogen (secondary N) is 2. The minimum absolute atomic E-state index is 0.0457. The molecule has 94 valence electrons. The van der Waals surface area contributed by atoms with E-state index in [0.29, 0.717) is 11.5 Å². The largest absolute Gasteiger partial charge is 0.382 e. The lowest BCUT2D eigenvalue weighted by Crippen LogP contribution is -2.61. The molecule has 0 spiro atoms. The van der Waals surface area contributed by atoms with Gasteiger partial charge in [-0.1, -0.05) is 13.8 Å². The van der Waals surface area contributed by atoms with Gasteiger partial charge in [-0.25, -0.2) is 0 Å². The summed E-state index contributed by atoms with van der Waals surface area (Å²) in [5.74, 6) is 0.139. The third kappa shape index (κ3) is 2.00. The molecular weight excluding hydrogens is 220 g/mol. The summed E-state index contributed by atoms with van der Waals surface area (Å²) in [4.78, 5) is 11.9. The fourth-order valence-corrected chi connectivity index (χ4v) is 2.22. The second-order valence-corrected chi connectivity index (χ2v) is 5.01. The molecule has 1 aliphatic carbocycles. The average molecular weight is 238 g/mol. The lowest BCUT2D eigenvalue weighted by molar-refractivity contribution is -0.0942. The minimum atomic E-state index is -0.179. The van der Waals surface area contributed by atoms with Gasteiger partial charge < -0.3 is 15.8 Å². The van der Waals surface area contributed by atoms with Crippen LogP contribution >= 0.6 is 0 Å². The predicted molar refractivity (Wildman–Crippen MR) is 63.4 cm³/mol. The van der Waals surface area contributed by atoms with E-state index < -0.39 is 0 Å². The summed E-state index contributed by atoms with van der Waals surface area (Å²) in [6.07, 6.45) is 1.03. The van der Waals surface area contributed by atoms with E-state index in [0.717, 1.165) is 6.42 Å². The first-order chi connectivity index (χ1) is 7.95. The maximum Gasteiger partial charge on any atom is 0.269 e. The number of ether oxygens (including phenoxy) is 1. The highest BCUT2D eigenvalue weighted by Crippen LogP contribution is 2.42. The Kier molecular flexibility index (Phi) is 2.82. The van der Waals surface area contributed by atoms with Crippen molar-refractivity contribution in [2.75, 3.05) is 12.8 Å². The number of anilines is 1. The Morgan fingerprint density at radius 3 is 2.88 bits per heavy atom. The van der Waals surface area contributed by atoms with Crippen LogP contribution < -0.4 is 11.1 Å². The summed E-state index contributed by atoms with van der Waals surface area (Å²) in [5, 5.41) is 9.27. The molecule has 0 aliphatic heterocycles. The fraction of sp³-hybridized carbons (Fsp3) is 0.636. The molecule has 1 aromatic heterocycles. The molecule has 1 saturated carbocycles. The number of rotatable bonds is 3. The van der Waals surface area contributed by atoms with Crippen LogP contribution in [0.1, 0.15) is 30.8 Å². The molecule has 1 aromatic rings. The number of carbonyl (C=O) groups is 1. The summed E-state index contributed by atoms with van der Waals surface area (Å²) in [5.41, 5.74) is 5.79. The van der Waals surface area contributed by atoms with Gasteiger partial charge in [0.25, 0.3) is 5.91 Å². The van der Waals surface area contributed by atoms with Crippen molar-refractivity contribution in [2.45, 2.75) is 32.4 Å². The van der Waals surface area contributed by atoms with E-state index in [2.05, 4.69) is 29.4 Å². The standard InChI is InChI=1S/C11H18N4O2/c1-11(2)7(5-8(11)17-3)13-10(16)6-4-9(12)15-14-6/h4,7-8H,5H2,1-3H3,(H,13,16)(H3,12,14,15). The first-order valence-electron chi connectivity index (χ1n) is 5.59. The van der Waals surface area contributed by atoms with Gasteiger partial charge in [0, 0.05) is 24.6 Å². The third-order valence-electron chi connectivity index (χ3n) is 3.61. The zero-order chi connectivity index (χ0) is 12.6. The maximum absolute atomic E-state index is 11.9. The smallest absolute Gasteiger partial charge is 0.269 e. The van der Waals surface area contributed by atoms with Crippen molar-refractivity contribution in [2.24, 2.45) is 5.41 Å². The monoisotopic (exact) mass is 238 g/mol. The minimum Gasteiger partial charge on any atom is -0.382 e. The van der Waals surface area contributed by atoms with Gasteiger partial charge in [0.15, 0.2) is 0 Å². The highest BCUT2D eigenvalue weighted by molar-refractivity contribution is 5.93. The van der Waals surface area contributed by atoms with E-state index in [1.807, 2.05) is 0 Å². The molecule has 6 heteroatoms. The van der Waals surface area contributed by atoms with Crippen LogP contribution in [0.4, 0.5) is 5.82 Å². The summed E-state index contributed by atoms with van der Waals surface area (Å²) in [6.45, 7) is 4.16. The Morgan fingerprint density at radius 1 is 1.71 bits per heavy atom. The van der Waals surface area contributed by atoms with Gasteiger partial charge >= 0.3 is 0 Å². The van der Waals surface area contributed by atoms with Gasteiger partial charge in [0.05, 0.1) is 6.10 Å². The first kappa shape index (κ1) is 11.9. The van der Waals surface area contributed by atoms with Crippen molar-refractivity contribution in [1.82, 2.24) is 15.5 Å². The number of nitrogens with two attached hydrogens (primary N) is 1. The molecule has 2 atom stereocenters. The molecule has 2 unspecified atom stereocenters. The van der Waals surface area contributed by atoms with E-state index >= 15 is 0 Å². The number of nitrogens with zero attached hydrogens (tertiary/aromatic N) is 1. The van der Waals surface area contributed by atoms with Crippen molar-refractivity contribution >= 4 is 11.7 Å². The van der Waals surface area contributed by atoms with Crippen LogP contribution in [0.5, 0.6) is 0 Å². The van der Waals surface area contributed by atoms with Crippen LogP contribution in [0.15, 0.2) is 6.07 Å². The number of nitrogen functional groups attached to an aromatic ring is 1. The lowest BCUT2D eigenvalue weighted by Gasteiger charge is -2.51. The number of amides is 1.